The number of carbonyl (C=O) groups is 1. The summed E-state index contributed by atoms with van der Waals surface area (Å²) in [5, 5.41) is 5.71. The molecule has 1 aliphatic heterocycles. The molecule has 0 unspecified atom stereocenters. The fourth-order valence-electron chi connectivity index (χ4n) is 4.84. The number of imidazole rings is 1. The number of aryl methyl sites for hydroxylation is 1. The number of aromatic nitrogens is 3. The summed E-state index contributed by atoms with van der Waals surface area (Å²) in [4.78, 5) is 23.8. The number of fused-ring (bicyclic) bond motifs is 1. The molecule has 0 bridgehead atoms. The Bertz CT molecular complexity index is 1580. The van der Waals surface area contributed by atoms with Crippen LogP contribution in [0.15, 0.2) is 67.4 Å². The number of alkyl halides is 2. The van der Waals surface area contributed by atoms with E-state index in [9.17, 15) is 18.0 Å². The summed E-state index contributed by atoms with van der Waals surface area (Å²) >= 11 is 0. The van der Waals surface area contributed by atoms with Crippen LogP contribution in [0.4, 0.5) is 30.6 Å². The van der Waals surface area contributed by atoms with Gasteiger partial charge < -0.3 is 24.8 Å². The third-order valence-electron chi connectivity index (χ3n) is 7.33. The van der Waals surface area contributed by atoms with Gasteiger partial charge in [-0.3, -0.25) is 4.79 Å². The smallest absolute Gasteiger partial charge is 0.291 e. The highest BCUT2D eigenvalue weighted by molar-refractivity contribution is 5.92. The Morgan fingerprint density at radius 2 is 1.90 bits per heavy atom. The van der Waals surface area contributed by atoms with E-state index in [2.05, 4.69) is 39.0 Å². The first kappa shape index (κ1) is 28.2. The molecule has 3 heterocycles. The number of nitrogens with zero attached hydrogens (tertiary/aromatic N) is 4. The lowest BCUT2D eigenvalue weighted by atomic mass is 9.96. The number of amides is 1. The Hall–Kier alpha value is -4.38. The summed E-state index contributed by atoms with van der Waals surface area (Å²) in [5.41, 5.74) is 0.730. The zero-order valence-corrected chi connectivity index (χ0v) is 22.8. The van der Waals surface area contributed by atoms with Crippen molar-refractivity contribution in [3.05, 3.63) is 78.8 Å². The van der Waals surface area contributed by atoms with Gasteiger partial charge in [0.1, 0.15) is 23.1 Å². The van der Waals surface area contributed by atoms with E-state index in [0.717, 1.165) is 50.7 Å². The predicted octanol–water partition coefficient (Wildman–Crippen LogP) is 6.59. The van der Waals surface area contributed by atoms with Crippen LogP contribution >= 0.6 is 0 Å². The molecule has 41 heavy (non-hydrogen) atoms. The Kier molecular flexibility index (Phi) is 7.98. The minimum Gasteiger partial charge on any atom is -0.457 e. The van der Waals surface area contributed by atoms with Crippen molar-refractivity contribution in [2.75, 3.05) is 30.3 Å². The molecule has 214 valence electrons. The Balaban J connectivity index is 1.30. The van der Waals surface area contributed by atoms with Crippen LogP contribution < -0.4 is 15.4 Å². The number of rotatable bonds is 9. The first-order valence-corrected chi connectivity index (χ1v) is 13.4. The summed E-state index contributed by atoms with van der Waals surface area (Å²) < 4.78 is 50.3. The van der Waals surface area contributed by atoms with Gasteiger partial charge in [0, 0.05) is 36.9 Å². The van der Waals surface area contributed by atoms with Crippen molar-refractivity contribution in [1.82, 2.24) is 19.4 Å². The normalized spacial score (nSPS) is 14.7. The number of hydrogen-bond donors (Lipinski definition) is 2. The molecule has 4 aromatic rings. The van der Waals surface area contributed by atoms with E-state index < -0.39 is 11.7 Å². The number of hydrogen-bond acceptors (Lipinski definition) is 6. The zero-order chi connectivity index (χ0) is 29.1. The molecule has 0 aliphatic carbocycles. The van der Waals surface area contributed by atoms with E-state index in [1.54, 1.807) is 48.1 Å². The molecule has 0 spiro atoms. The third-order valence-corrected chi connectivity index (χ3v) is 7.33. The summed E-state index contributed by atoms with van der Waals surface area (Å²) in [6.07, 6.45) is 3.70. The topological polar surface area (TPSA) is 84.3 Å². The van der Waals surface area contributed by atoms with Crippen molar-refractivity contribution in [3.8, 4) is 11.5 Å². The van der Waals surface area contributed by atoms with Gasteiger partial charge in [-0.2, -0.15) is 8.78 Å². The number of carbonyl (C=O) groups excluding carboxylic acids is 1. The quantitative estimate of drug-likeness (QED) is 0.223. The minimum atomic E-state index is -3.30. The van der Waals surface area contributed by atoms with E-state index >= 15 is 0 Å². The van der Waals surface area contributed by atoms with Gasteiger partial charge in [0.15, 0.2) is 0 Å². The molecular formula is C30H31F3N6O2. The molecular weight excluding hydrogens is 533 g/mol. The second-order valence-corrected chi connectivity index (χ2v) is 9.97. The standard InChI is InChI=1S/C30H31F3N6O2/c1-4-30(32,33)20-6-8-23(31)24(16-20)35-29-36-25-17-21(7-9-26(25)38(29)3)41-22-10-13-34-27(18-22)37-28(40)19-11-14-39(5-2)15-12-19/h4,6-10,13,16-19H,1,5,11-12,14-15H2,2-3H3,(H,35,36)(H,34,37,40). The molecule has 1 saturated heterocycles. The molecule has 0 atom stereocenters. The average Bonchev–Trinajstić information content (AvgIpc) is 3.28. The van der Waals surface area contributed by atoms with Crippen LogP contribution in [0.3, 0.4) is 0 Å². The maximum Gasteiger partial charge on any atom is 0.291 e. The highest BCUT2D eigenvalue weighted by Gasteiger charge is 2.28. The first-order valence-electron chi connectivity index (χ1n) is 13.4. The molecule has 2 aromatic carbocycles. The van der Waals surface area contributed by atoms with Crippen LogP contribution in [0.5, 0.6) is 11.5 Å². The molecule has 2 N–H and O–H groups in total. The zero-order valence-electron chi connectivity index (χ0n) is 22.8. The van der Waals surface area contributed by atoms with Crippen molar-refractivity contribution in [2.24, 2.45) is 13.0 Å². The number of anilines is 3. The number of likely N-dealkylation sites (tertiary alicyclic amines) is 1. The fourth-order valence-corrected chi connectivity index (χ4v) is 4.84. The van der Waals surface area contributed by atoms with Gasteiger partial charge in [-0.1, -0.05) is 13.5 Å². The van der Waals surface area contributed by atoms with Gasteiger partial charge in [-0.15, -0.1) is 0 Å². The molecule has 8 nitrogen and oxygen atoms in total. The van der Waals surface area contributed by atoms with Gasteiger partial charge >= 0.3 is 0 Å². The summed E-state index contributed by atoms with van der Waals surface area (Å²) in [6, 6.07) is 11.6. The predicted molar refractivity (Wildman–Crippen MR) is 152 cm³/mol. The molecule has 2 aromatic heterocycles. The number of halogens is 3. The molecule has 1 aliphatic rings. The lowest BCUT2D eigenvalue weighted by molar-refractivity contribution is -0.121. The lowest BCUT2D eigenvalue weighted by Crippen LogP contribution is -2.38. The number of allylic oxidation sites excluding steroid dienone is 1. The molecule has 0 saturated carbocycles. The molecule has 1 fully saturated rings. The maximum absolute atomic E-state index is 14.5. The van der Waals surface area contributed by atoms with Crippen LogP contribution in [-0.2, 0) is 17.8 Å². The van der Waals surface area contributed by atoms with Gasteiger partial charge in [0.05, 0.1) is 16.7 Å². The first-order chi connectivity index (χ1) is 19.7. The minimum absolute atomic E-state index is 0.0458. The molecule has 0 radical (unpaired) electrons. The van der Waals surface area contributed by atoms with Gasteiger partial charge in [-0.25, -0.2) is 14.4 Å². The van der Waals surface area contributed by atoms with Crippen LogP contribution in [0.25, 0.3) is 11.0 Å². The second kappa shape index (κ2) is 11.6. The van der Waals surface area contributed by atoms with E-state index in [1.807, 2.05) is 0 Å². The van der Waals surface area contributed by atoms with Crippen molar-refractivity contribution in [1.29, 1.82) is 0 Å². The monoisotopic (exact) mass is 564 g/mol. The SMILES string of the molecule is C=CC(F)(F)c1ccc(F)c(Nc2nc3cc(Oc4ccnc(NC(=O)C5CCN(CC)CC5)c4)ccc3n2C)c1. The average molecular weight is 565 g/mol. The fraction of sp³-hybridized carbons (Fsp3) is 0.300. The summed E-state index contributed by atoms with van der Waals surface area (Å²) in [6.45, 7) is 8.07. The van der Waals surface area contributed by atoms with Crippen LogP contribution in [0.1, 0.15) is 25.3 Å². The van der Waals surface area contributed by atoms with Crippen molar-refractivity contribution in [3.63, 3.8) is 0 Å². The van der Waals surface area contributed by atoms with Gasteiger partial charge in [0.25, 0.3) is 5.92 Å². The highest BCUT2D eigenvalue weighted by atomic mass is 19.3. The van der Waals surface area contributed by atoms with Crippen molar-refractivity contribution in [2.45, 2.75) is 25.7 Å². The largest absolute Gasteiger partial charge is 0.457 e. The van der Waals surface area contributed by atoms with Gasteiger partial charge in [0.2, 0.25) is 11.9 Å². The van der Waals surface area contributed by atoms with Crippen molar-refractivity contribution >= 4 is 34.4 Å². The Morgan fingerprint density at radius 3 is 2.63 bits per heavy atom. The maximum atomic E-state index is 14.5. The number of ether oxygens (including phenoxy) is 1. The highest BCUT2D eigenvalue weighted by Crippen LogP contribution is 2.34. The lowest BCUT2D eigenvalue weighted by Gasteiger charge is -2.30. The Morgan fingerprint density at radius 1 is 1.15 bits per heavy atom. The molecule has 1 amide bonds. The summed E-state index contributed by atoms with van der Waals surface area (Å²) in [7, 11) is 1.72. The summed E-state index contributed by atoms with van der Waals surface area (Å²) in [5.74, 6) is -2.47. The van der Waals surface area contributed by atoms with E-state index in [4.69, 9.17) is 4.74 Å². The number of pyridine rings is 1. The number of benzene rings is 2. The molecule has 11 heteroatoms. The second-order valence-electron chi connectivity index (χ2n) is 9.97. The number of nitrogens with one attached hydrogen (secondary N) is 2. The molecule has 5 rings (SSSR count). The van der Waals surface area contributed by atoms with Crippen LogP contribution in [0.2, 0.25) is 0 Å². The van der Waals surface area contributed by atoms with Gasteiger partial charge in [-0.05, 0) is 75.0 Å². The van der Waals surface area contributed by atoms with E-state index in [0.29, 0.717) is 34.4 Å². The third kappa shape index (κ3) is 6.19. The van der Waals surface area contributed by atoms with E-state index in [-0.39, 0.29) is 29.0 Å². The van der Waals surface area contributed by atoms with Crippen molar-refractivity contribution < 1.29 is 22.7 Å². The van der Waals surface area contributed by atoms with Crippen LogP contribution in [0, 0.1) is 11.7 Å². The number of piperidine rings is 1. The van der Waals surface area contributed by atoms with E-state index in [1.165, 1.54) is 0 Å². The Labute approximate surface area is 235 Å². The van der Waals surface area contributed by atoms with Crippen LogP contribution in [-0.4, -0.2) is 45.0 Å².